The van der Waals surface area contributed by atoms with Gasteiger partial charge >= 0.3 is 5.97 Å². The van der Waals surface area contributed by atoms with Gasteiger partial charge in [-0.05, 0) is 43.2 Å². The Morgan fingerprint density at radius 3 is 2.42 bits per heavy atom. The molecule has 0 unspecified atom stereocenters. The lowest BCUT2D eigenvalue weighted by atomic mass is 9.66. The van der Waals surface area contributed by atoms with Crippen molar-refractivity contribution in [2.24, 2.45) is 11.7 Å². The number of methoxy groups -OCH3 is 1. The quantitative estimate of drug-likeness (QED) is 0.442. The number of anilines is 2. The molecule has 5 rings (SSSR count). The van der Waals surface area contributed by atoms with Crippen LogP contribution in [0.15, 0.2) is 71.2 Å². The number of esters is 1. The summed E-state index contributed by atoms with van der Waals surface area (Å²) in [5.74, 6) is -2.65. The molecule has 0 fully saturated rings. The summed E-state index contributed by atoms with van der Waals surface area (Å²) in [4.78, 5) is 58.3. The molecule has 1 atom stereocenters. The number of para-hydroxylation sites is 1. The Hall–Kier alpha value is -4.60. The van der Waals surface area contributed by atoms with E-state index in [4.69, 9.17) is 15.2 Å². The molecule has 38 heavy (non-hydrogen) atoms. The van der Waals surface area contributed by atoms with Gasteiger partial charge in [0.2, 0.25) is 5.91 Å². The minimum absolute atomic E-state index is 0.00186. The zero-order valence-corrected chi connectivity index (χ0v) is 21.5. The third-order valence-corrected chi connectivity index (χ3v) is 6.88. The van der Waals surface area contributed by atoms with Gasteiger partial charge in [0, 0.05) is 23.5 Å². The van der Waals surface area contributed by atoms with Crippen LogP contribution in [0, 0.1) is 5.92 Å². The maximum atomic E-state index is 14.2. The molecule has 1 spiro atoms. The molecule has 3 heterocycles. The Kier molecular flexibility index (Phi) is 5.97. The van der Waals surface area contributed by atoms with Crippen molar-refractivity contribution in [1.82, 2.24) is 4.90 Å². The van der Waals surface area contributed by atoms with E-state index >= 15 is 0 Å². The number of nitrogens with zero attached hydrogens (tertiary/aromatic N) is 2. The van der Waals surface area contributed by atoms with Crippen LogP contribution in [0.3, 0.4) is 0 Å². The zero-order valence-electron chi connectivity index (χ0n) is 21.5. The van der Waals surface area contributed by atoms with Crippen LogP contribution in [0.25, 0.3) is 0 Å². The number of nitrogens with two attached hydrogens (primary N) is 1. The molecular formula is C28H28N4O6. The lowest BCUT2D eigenvalue weighted by Gasteiger charge is -2.39. The first-order chi connectivity index (χ1) is 18.2. The second-order valence-electron chi connectivity index (χ2n) is 9.61. The first-order valence-electron chi connectivity index (χ1n) is 12.3. The van der Waals surface area contributed by atoms with Crippen LogP contribution in [0.2, 0.25) is 0 Å². The number of ether oxygens (including phenoxy) is 2. The highest BCUT2D eigenvalue weighted by atomic mass is 16.5. The van der Waals surface area contributed by atoms with E-state index in [1.165, 1.54) is 12.0 Å². The van der Waals surface area contributed by atoms with Crippen LogP contribution in [0.1, 0.15) is 26.3 Å². The van der Waals surface area contributed by atoms with Crippen molar-refractivity contribution in [2.75, 3.05) is 30.5 Å². The minimum Gasteiger partial charge on any atom is -0.497 e. The molecule has 3 N–H and O–H groups in total. The molecule has 10 heteroatoms. The molecule has 3 amide bonds. The summed E-state index contributed by atoms with van der Waals surface area (Å²) in [5, 5.41) is 2.79. The Balaban J connectivity index is 1.91. The van der Waals surface area contributed by atoms with E-state index in [0.717, 1.165) is 4.90 Å². The zero-order chi connectivity index (χ0) is 27.4. The first-order valence-corrected chi connectivity index (χ1v) is 12.3. The second-order valence-corrected chi connectivity index (χ2v) is 9.61. The van der Waals surface area contributed by atoms with Gasteiger partial charge in [-0.1, -0.05) is 32.0 Å². The highest BCUT2D eigenvalue weighted by Gasteiger charge is 2.65. The smallest absolute Gasteiger partial charge is 0.339 e. The molecule has 0 aromatic heterocycles. The topological polar surface area (TPSA) is 131 Å². The number of hydrogen-bond acceptors (Lipinski definition) is 8. The van der Waals surface area contributed by atoms with Crippen LogP contribution in [0.5, 0.6) is 5.75 Å². The SMILES string of the molecule is CCOC(=O)C1=C(N)N(c2ccccc2)C2=C(C(=O)N(CC(C)C)C2=O)[C@]12C(=O)Nc1ccc(OC)cc12. The summed E-state index contributed by atoms with van der Waals surface area (Å²) in [6, 6.07) is 13.5. The number of nitrogens with one attached hydrogen (secondary N) is 1. The summed E-state index contributed by atoms with van der Waals surface area (Å²) >= 11 is 0. The summed E-state index contributed by atoms with van der Waals surface area (Å²) in [5.41, 5.74) is 5.33. The fourth-order valence-corrected chi connectivity index (χ4v) is 5.40. The van der Waals surface area contributed by atoms with E-state index in [2.05, 4.69) is 5.32 Å². The van der Waals surface area contributed by atoms with E-state index in [0.29, 0.717) is 17.1 Å². The third-order valence-electron chi connectivity index (χ3n) is 6.88. The average molecular weight is 517 g/mol. The van der Waals surface area contributed by atoms with Gasteiger partial charge in [-0.15, -0.1) is 0 Å². The standard InChI is InChI=1S/C28H28N4O6/c1-5-38-26(35)21-23(29)32(16-9-7-6-8-10-16)22-20(24(33)31(25(22)34)14-15(2)3)28(21)18-13-17(37-4)11-12-19(18)30-27(28)36/h6-13,15H,5,14,29H2,1-4H3,(H,30,36)/t28-/m0/s1. The Labute approximate surface area is 219 Å². The molecule has 2 aromatic carbocycles. The maximum absolute atomic E-state index is 14.2. The average Bonchev–Trinajstić information content (AvgIpc) is 3.30. The fraction of sp³-hybridized carbons (Fsp3) is 0.286. The molecule has 0 bridgehead atoms. The van der Waals surface area contributed by atoms with Crippen LogP contribution in [-0.2, 0) is 29.3 Å². The van der Waals surface area contributed by atoms with Gasteiger partial charge < -0.3 is 20.5 Å². The van der Waals surface area contributed by atoms with Gasteiger partial charge in [0.1, 0.15) is 28.3 Å². The monoisotopic (exact) mass is 516 g/mol. The molecule has 10 nitrogen and oxygen atoms in total. The Morgan fingerprint density at radius 2 is 1.79 bits per heavy atom. The number of benzene rings is 2. The van der Waals surface area contributed by atoms with Crippen molar-refractivity contribution < 1.29 is 28.7 Å². The van der Waals surface area contributed by atoms with Gasteiger partial charge in [-0.2, -0.15) is 0 Å². The van der Waals surface area contributed by atoms with E-state index < -0.39 is 29.1 Å². The number of carbonyl (C=O) groups is 4. The van der Waals surface area contributed by atoms with Crippen molar-refractivity contribution in [2.45, 2.75) is 26.2 Å². The lowest BCUT2D eigenvalue weighted by molar-refractivity contribution is -0.140. The van der Waals surface area contributed by atoms with E-state index in [-0.39, 0.29) is 47.3 Å². The molecule has 0 saturated carbocycles. The summed E-state index contributed by atoms with van der Waals surface area (Å²) in [7, 11) is 1.46. The Bertz CT molecular complexity index is 1440. The molecule has 3 aliphatic heterocycles. The highest BCUT2D eigenvalue weighted by molar-refractivity contribution is 6.31. The van der Waals surface area contributed by atoms with Crippen molar-refractivity contribution in [3.8, 4) is 5.75 Å². The van der Waals surface area contributed by atoms with Gasteiger partial charge in [0.15, 0.2) is 0 Å². The van der Waals surface area contributed by atoms with Crippen LogP contribution >= 0.6 is 0 Å². The molecule has 0 saturated heterocycles. The number of amides is 3. The number of imide groups is 1. The largest absolute Gasteiger partial charge is 0.497 e. The Morgan fingerprint density at radius 1 is 1.08 bits per heavy atom. The highest BCUT2D eigenvalue weighted by Crippen LogP contribution is 2.56. The molecule has 0 radical (unpaired) electrons. The molecule has 196 valence electrons. The molecular weight excluding hydrogens is 488 g/mol. The summed E-state index contributed by atoms with van der Waals surface area (Å²) < 4.78 is 10.8. The van der Waals surface area contributed by atoms with Crippen LogP contribution in [-0.4, -0.2) is 48.9 Å². The van der Waals surface area contributed by atoms with Crippen molar-refractivity contribution in [1.29, 1.82) is 0 Å². The number of rotatable bonds is 6. The van der Waals surface area contributed by atoms with Gasteiger partial charge in [-0.3, -0.25) is 24.2 Å². The van der Waals surface area contributed by atoms with Crippen LogP contribution < -0.4 is 20.7 Å². The number of fused-ring (bicyclic) bond motifs is 3. The number of hydrogen-bond donors (Lipinski definition) is 2. The van der Waals surface area contributed by atoms with Crippen molar-refractivity contribution in [3.63, 3.8) is 0 Å². The predicted molar refractivity (Wildman–Crippen MR) is 139 cm³/mol. The van der Waals surface area contributed by atoms with Gasteiger partial charge in [-0.25, -0.2) is 4.79 Å². The normalized spacial score (nSPS) is 20.4. The van der Waals surface area contributed by atoms with E-state index in [9.17, 15) is 19.2 Å². The molecule has 2 aromatic rings. The van der Waals surface area contributed by atoms with Gasteiger partial charge in [0.25, 0.3) is 11.8 Å². The van der Waals surface area contributed by atoms with Crippen molar-refractivity contribution in [3.05, 3.63) is 76.8 Å². The number of carbonyl (C=O) groups excluding carboxylic acids is 4. The van der Waals surface area contributed by atoms with E-state index in [1.807, 2.05) is 13.8 Å². The van der Waals surface area contributed by atoms with Gasteiger partial charge in [0.05, 0.1) is 19.3 Å². The summed E-state index contributed by atoms with van der Waals surface area (Å²) in [6.45, 7) is 5.50. The summed E-state index contributed by atoms with van der Waals surface area (Å²) in [6.07, 6.45) is 0. The first kappa shape index (κ1) is 25.1. The van der Waals surface area contributed by atoms with Crippen molar-refractivity contribution >= 4 is 35.1 Å². The predicted octanol–water partition coefficient (Wildman–Crippen LogP) is 2.42. The van der Waals surface area contributed by atoms with Crippen LogP contribution in [0.4, 0.5) is 11.4 Å². The maximum Gasteiger partial charge on any atom is 0.339 e. The fourth-order valence-electron chi connectivity index (χ4n) is 5.40. The second kappa shape index (κ2) is 9.05. The minimum atomic E-state index is -2.03. The molecule has 3 aliphatic rings. The lowest BCUT2D eigenvalue weighted by Crippen LogP contribution is -2.51. The molecule has 0 aliphatic carbocycles. The van der Waals surface area contributed by atoms with E-state index in [1.54, 1.807) is 55.5 Å². The third kappa shape index (κ3) is 3.33.